The van der Waals surface area contributed by atoms with E-state index in [0.717, 1.165) is 16.0 Å². The number of hydrogen-bond acceptors (Lipinski definition) is 3. The molecule has 0 saturated carbocycles. The minimum absolute atomic E-state index is 0.0472. The largest absolute Gasteiger partial charge is 0.390 e. The Labute approximate surface area is 134 Å². The zero-order valence-corrected chi connectivity index (χ0v) is 13.3. The summed E-state index contributed by atoms with van der Waals surface area (Å²) < 4.78 is 0. The molecule has 1 aliphatic rings. The van der Waals surface area contributed by atoms with Gasteiger partial charge in [0.2, 0.25) is 5.91 Å². The molecule has 0 aromatic heterocycles. The lowest BCUT2D eigenvalue weighted by molar-refractivity contribution is -0.120. The highest BCUT2D eigenvalue weighted by Crippen LogP contribution is 2.31. The number of aliphatic hydroxyl groups excluding tert-OH is 1. The van der Waals surface area contributed by atoms with Crippen LogP contribution in [0.3, 0.4) is 0 Å². The smallest absolute Gasteiger partial charge is 0.230 e. The van der Waals surface area contributed by atoms with E-state index in [1.165, 1.54) is 17.3 Å². The number of thioether (sulfide) groups is 1. The molecule has 2 aromatic carbocycles. The van der Waals surface area contributed by atoms with Gasteiger partial charge in [-0.05, 0) is 29.7 Å². The van der Waals surface area contributed by atoms with E-state index >= 15 is 0 Å². The van der Waals surface area contributed by atoms with Crippen LogP contribution in [0.15, 0.2) is 53.4 Å². The summed E-state index contributed by atoms with van der Waals surface area (Å²) in [4.78, 5) is 13.3. The van der Waals surface area contributed by atoms with Gasteiger partial charge < -0.3 is 10.4 Å². The van der Waals surface area contributed by atoms with Crippen molar-refractivity contribution in [2.75, 3.05) is 5.75 Å². The van der Waals surface area contributed by atoms with Gasteiger partial charge in [0.05, 0.1) is 17.9 Å². The lowest BCUT2D eigenvalue weighted by Crippen LogP contribution is -2.34. The van der Waals surface area contributed by atoms with Gasteiger partial charge in [-0.3, -0.25) is 4.79 Å². The van der Waals surface area contributed by atoms with Crippen LogP contribution in [-0.4, -0.2) is 22.9 Å². The number of amides is 1. The molecule has 0 radical (unpaired) electrons. The first-order chi connectivity index (χ1) is 10.6. The zero-order chi connectivity index (χ0) is 15.5. The van der Waals surface area contributed by atoms with E-state index in [-0.39, 0.29) is 11.9 Å². The molecule has 0 fully saturated rings. The Morgan fingerprint density at radius 2 is 1.95 bits per heavy atom. The Morgan fingerprint density at radius 3 is 2.77 bits per heavy atom. The molecular formula is C18H19NO2S. The van der Waals surface area contributed by atoms with Crippen molar-refractivity contribution < 1.29 is 9.90 Å². The Kier molecular flexibility index (Phi) is 4.50. The summed E-state index contributed by atoms with van der Waals surface area (Å²) in [5.74, 6) is 0.310. The average Bonchev–Trinajstić information content (AvgIpc) is 2.83. The maximum atomic E-state index is 12.2. The number of carbonyl (C=O) groups is 1. The van der Waals surface area contributed by atoms with Gasteiger partial charge in [0.1, 0.15) is 0 Å². The van der Waals surface area contributed by atoms with Gasteiger partial charge >= 0.3 is 0 Å². The number of hydrogen-bond donors (Lipinski definition) is 2. The lowest BCUT2D eigenvalue weighted by atomic mass is 10.1. The zero-order valence-electron chi connectivity index (χ0n) is 12.5. The van der Waals surface area contributed by atoms with Crippen molar-refractivity contribution in [1.82, 2.24) is 5.32 Å². The van der Waals surface area contributed by atoms with Crippen LogP contribution in [0.25, 0.3) is 0 Å². The third-order valence-electron chi connectivity index (χ3n) is 3.97. The molecule has 3 nitrogen and oxygen atoms in total. The van der Waals surface area contributed by atoms with Crippen molar-refractivity contribution in [2.45, 2.75) is 30.4 Å². The first-order valence-corrected chi connectivity index (χ1v) is 8.37. The van der Waals surface area contributed by atoms with Gasteiger partial charge in [-0.25, -0.2) is 0 Å². The standard InChI is InChI=1S/C18H19NO2S/c1-12-6-2-5-9-16(12)22-11-17(21)19-18-14-8-4-3-7-13(14)10-15(18)20/h2-9,15,18,20H,10-11H2,1H3,(H,19,21). The van der Waals surface area contributed by atoms with Crippen LogP contribution >= 0.6 is 11.8 Å². The van der Waals surface area contributed by atoms with Crippen LogP contribution in [0.1, 0.15) is 22.7 Å². The summed E-state index contributed by atoms with van der Waals surface area (Å²) in [6.07, 6.45) is 0.0660. The molecule has 2 aromatic rings. The lowest BCUT2D eigenvalue weighted by Gasteiger charge is -2.18. The monoisotopic (exact) mass is 313 g/mol. The van der Waals surface area contributed by atoms with Crippen molar-refractivity contribution in [1.29, 1.82) is 0 Å². The van der Waals surface area contributed by atoms with Crippen LogP contribution in [0.2, 0.25) is 0 Å². The van der Waals surface area contributed by atoms with Gasteiger partial charge in [-0.1, -0.05) is 42.5 Å². The molecule has 0 saturated heterocycles. The van der Waals surface area contributed by atoms with Gasteiger partial charge in [0.15, 0.2) is 0 Å². The minimum Gasteiger partial charge on any atom is -0.390 e. The molecule has 3 rings (SSSR count). The highest BCUT2D eigenvalue weighted by atomic mass is 32.2. The highest BCUT2D eigenvalue weighted by Gasteiger charge is 2.31. The summed E-state index contributed by atoms with van der Waals surface area (Å²) in [6, 6.07) is 15.6. The fourth-order valence-corrected chi connectivity index (χ4v) is 3.67. The number of rotatable bonds is 4. The van der Waals surface area contributed by atoms with Gasteiger partial charge in [-0.15, -0.1) is 11.8 Å². The topological polar surface area (TPSA) is 49.3 Å². The summed E-state index contributed by atoms with van der Waals surface area (Å²) in [5, 5.41) is 13.1. The molecule has 2 unspecified atom stereocenters. The molecular weight excluding hydrogens is 294 g/mol. The normalized spacial score (nSPS) is 19.7. The fourth-order valence-electron chi connectivity index (χ4n) is 2.82. The number of fused-ring (bicyclic) bond motifs is 1. The first-order valence-electron chi connectivity index (χ1n) is 7.39. The summed E-state index contributed by atoms with van der Waals surface area (Å²) in [6.45, 7) is 2.04. The summed E-state index contributed by atoms with van der Waals surface area (Å²) in [5.41, 5.74) is 3.32. The van der Waals surface area contributed by atoms with E-state index < -0.39 is 6.10 Å². The van der Waals surface area contributed by atoms with Crippen LogP contribution in [-0.2, 0) is 11.2 Å². The number of carbonyl (C=O) groups excluding carboxylic acids is 1. The number of benzene rings is 2. The minimum atomic E-state index is -0.537. The van der Waals surface area contributed by atoms with Crippen LogP contribution in [0.5, 0.6) is 0 Å². The van der Waals surface area contributed by atoms with Crippen molar-refractivity contribution in [3.05, 3.63) is 65.2 Å². The molecule has 4 heteroatoms. The summed E-state index contributed by atoms with van der Waals surface area (Å²) >= 11 is 1.53. The second-order valence-electron chi connectivity index (χ2n) is 5.57. The Bertz CT molecular complexity index is 686. The van der Waals surface area contributed by atoms with Crippen molar-refractivity contribution in [2.24, 2.45) is 0 Å². The molecule has 0 aliphatic heterocycles. The molecule has 2 N–H and O–H groups in total. The average molecular weight is 313 g/mol. The highest BCUT2D eigenvalue weighted by molar-refractivity contribution is 8.00. The van der Waals surface area contributed by atoms with Crippen LogP contribution in [0, 0.1) is 6.92 Å². The maximum absolute atomic E-state index is 12.2. The van der Waals surface area contributed by atoms with Crippen molar-refractivity contribution >= 4 is 17.7 Å². The number of nitrogens with one attached hydrogen (secondary N) is 1. The molecule has 2 atom stereocenters. The summed E-state index contributed by atoms with van der Waals surface area (Å²) in [7, 11) is 0. The fraction of sp³-hybridized carbons (Fsp3) is 0.278. The SMILES string of the molecule is Cc1ccccc1SCC(=O)NC1c2ccccc2CC1O. The van der Waals surface area contributed by atoms with Crippen molar-refractivity contribution in [3.8, 4) is 0 Å². The molecule has 1 amide bonds. The molecule has 22 heavy (non-hydrogen) atoms. The molecule has 0 spiro atoms. The van der Waals surface area contributed by atoms with E-state index in [0.29, 0.717) is 12.2 Å². The Balaban J connectivity index is 1.62. The molecule has 0 heterocycles. The Morgan fingerprint density at radius 1 is 1.23 bits per heavy atom. The van der Waals surface area contributed by atoms with Gasteiger partial charge in [0, 0.05) is 11.3 Å². The maximum Gasteiger partial charge on any atom is 0.230 e. The van der Waals surface area contributed by atoms with E-state index in [2.05, 4.69) is 5.32 Å². The molecule has 1 aliphatic carbocycles. The second-order valence-corrected chi connectivity index (χ2v) is 6.59. The number of aryl methyl sites for hydroxylation is 1. The van der Waals surface area contributed by atoms with E-state index in [1.807, 2.05) is 55.5 Å². The van der Waals surface area contributed by atoms with Gasteiger partial charge in [-0.2, -0.15) is 0 Å². The number of aliphatic hydroxyl groups is 1. The van der Waals surface area contributed by atoms with Gasteiger partial charge in [0.25, 0.3) is 0 Å². The van der Waals surface area contributed by atoms with E-state index in [1.54, 1.807) is 0 Å². The third kappa shape index (κ3) is 3.18. The van der Waals surface area contributed by atoms with Crippen molar-refractivity contribution in [3.63, 3.8) is 0 Å². The molecule has 114 valence electrons. The third-order valence-corrected chi connectivity index (χ3v) is 5.15. The quantitative estimate of drug-likeness (QED) is 0.853. The molecule has 0 bridgehead atoms. The predicted molar refractivity (Wildman–Crippen MR) is 88.9 cm³/mol. The predicted octanol–water partition coefficient (Wildman–Crippen LogP) is 2.86. The van der Waals surface area contributed by atoms with Crippen LogP contribution < -0.4 is 5.32 Å². The van der Waals surface area contributed by atoms with Crippen LogP contribution in [0.4, 0.5) is 0 Å². The first kappa shape index (κ1) is 15.1. The second kappa shape index (κ2) is 6.55. The van der Waals surface area contributed by atoms with E-state index in [4.69, 9.17) is 0 Å². The Hall–Kier alpha value is -1.78. The van der Waals surface area contributed by atoms with E-state index in [9.17, 15) is 9.90 Å².